The van der Waals surface area contributed by atoms with Crippen molar-refractivity contribution in [3.63, 3.8) is 0 Å². The van der Waals surface area contributed by atoms with Crippen molar-refractivity contribution in [2.24, 2.45) is 0 Å². The van der Waals surface area contributed by atoms with Crippen LogP contribution in [0.4, 0.5) is 5.82 Å². The Kier molecular flexibility index (Phi) is 6.85. The summed E-state index contributed by atoms with van der Waals surface area (Å²) in [7, 11) is 2.14. The van der Waals surface area contributed by atoms with Crippen molar-refractivity contribution in [2.75, 3.05) is 25.2 Å². The Morgan fingerprint density at radius 2 is 1.84 bits per heavy atom. The van der Waals surface area contributed by atoms with Gasteiger partial charge in [0.1, 0.15) is 5.82 Å². The smallest absolute Gasteiger partial charge is 0.128 e. The van der Waals surface area contributed by atoms with Gasteiger partial charge in [-0.25, -0.2) is 4.98 Å². The second-order valence-corrected chi connectivity index (χ2v) is 5.03. The fourth-order valence-corrected chi connectivity index (χ4v) is 2.22. The van der Waals surface area contributed by atoms with Crippen molar-refractivity contribution in [1.82, 2.24) is 4.98 Å². The summed E-state index contributed by atoms with van der Waals surface area (Å²) in [5.74, 6) is 1.57. The van der Waals surface area contributed by atoms with E-state index in [1.807, 2.05) is 13.8 Å². The van der Waals surface area contributed by atoms with Crippen LogP contribution in [0.2, 0.25) is 0 Å². The number of aromatic nitrogens is 1. The summed E-state index contributed by atoms with van der Waals surface area (Å²) in [5, 5.41) is 0. The summed E-state index contributed by atoms with van der Waals surface area (Å²) in [6.07, 6.45) is 2.20. The molecule has 1 saturated heterocycles. The fourth-order valence-electron chi connectivity index (χ4n) is 2.22. The molecule has 3 nitrogen and oxygen atoms in total. The van der Waals surface area contributed by atoms with Crippen LogP contribution in [-0.2, 0) is 4.74 Å². The highest BCUT2D eigenvalue weighted by molar-refractivity contribution is 5.40. The van der Waals surface area contributed by atoms with Crippen molar-refractivity contribution >= 4 is 5.82 Å². The van der Waals surface area contributed by atoms with E-state index >= 15 is 0 Å². The standard InChI is InChI=1S/C14H22N2O.C2H6/c1-11(2)13-5-4-6-14(15-13)16(3)12-7-9-17-10-8-12;1-2/h4-6,11-12H,7-10H2,1-3H3;1-2H3. The zero-order valence-corrected chi connectivity index (χ0v) is 13.0. The van der Waals surface area contributed by atoms with Gasteiger partial charge in [-0.15, -0.1) is 0 Å². The van der Waals surface area contributed by atoms with Gasteiger partial charge in [0.15, 0.2) is 0 Å². The van der Waals surface area contributed by atoms with Crippen molar-refractivity contribution in [3.8, 4) is 0 Å². The topological polar surface area (TPSA) is 25.4 Å². The summed E-state index contributed by atoms with van der Waals surface area (Å²) in [4.78, 5) is 7.03. The van der Waals surface area contributed by atoms with Gasteiger partial charge in [0, 0.05) is 32.0 Å². The van der Waals surface area contributed by atoms with Gasteiger partial charge in [-0.1, -0.05) is 33.8 Å². The Hall–Kier alpha value is -1.09. The van der Waals surface area contributed by atoms with E-state index in [2.05, 4.69) is 44.0 Å². The predicted octanol–water partition coefficient (Wildman–Crippen LogP) is 3.85. The predicted molar refractivity (Wildman–Crippen MR) is 81.9 cm³/mol. The van der Waals surface area contributed by atoms with E-state index in [-0.39, 0.29) is 0 Å². The molecule has 19 heavy (non-hydrogen) atoms. The van der Waals surface area contributed by atoms with Gasteiger partial charge in [-0.05, 0) is 30.9 Å². The lowest BCUT2D eigenvalue weighted by molar-refractivity contribution is 0.0853. The largest absolute Gasteiger partial charge is 0.381 e. The van der Waals surface area contributed by atoms with Crippen LogP contribution in [0, 0.1) is 0 Å². The first-order valence-electron chi connectivity index (χ1n) is 7.46. The average molecular weight is 264 g/mol. The maximum absolute atomic E-state index is 5.40. The third-order valence-electron chi connectivity index (χ3n) is 3.45. The Morgan fingerprint density at radius 3 is 2.42 bits per heavy atom. The third kappa shape index (κ3) is 4.50. The molecular formula is C16H28N2O. The maximum atomic E-state index is 5.40. The van der Waals surface area contributed by atoms with Gasteiger partial charge in [-0.3, -0.25) is 0 Å². The SMILES string of the molecule is CC.CC(C)c1cccc(N(C)C2CCOCC2)n1. The first-order chi connectivity index (χ1) is 9.18. The Bertz CT molecular complexity index is 360. The van der Waals surface area contributed by atoms with Crippen LogP contribution in [0.15, 0.2) is 18.2 Å². The molecule has 0 radical (unpaired) electrons. The van der Waals surface area contributed by atoms with E-state index in [1.54, 1.807) is 0 Å². The molecule has 0 amide bonds. The molecule has 3 heteroatoms. The molecule has 0 aliphatic carbocycles. The first kappa shape index (κ1) is 16.0. The van der Waals surface area contributed by atoms with Crippen molar-refractivity contribution in [1.29, 1.82) is 0 Å². The summed E-state index contributed by atoms with van der Waals surface area (Å²) in [6.45, 7) is 10.1. The molecule has 1 fully saturated rings. The molecule has 0 bridgehead atoms. The molecule has 1 aromatic rings. The fraction of sp³-hybridized carbons (Fsp3) is 0.688. The summed E-state index contributed by atoms with van der Waals surface area (Å²) in [5.41, 5.74) is 1.17. The number of ether oxygens (including phenoxy) is 1. The van der Waals surface area contributed by atoms with Crippen molar-refractivity contribution in [3.05, 3.63) is 23.9 Å². The molecule has 2 rings (SSSR count). The monoisotopic (exact) mass is 264 g/mol. The van der Waals surface area contributed by atoms with Gasteiger partial charge in [-0.2, -0.15) is 0 Å². The maximum Gasteiger partial charge on any atom is 0.128 e. The molecule has 2 heterocycles. The van der Waals surface area contributed by atoms with Crippen LogP contribution >= 0.6 is 0 Å². The van der Waals surface area contributed by atoms with E-state index in [9.17, 15) is 0 Å². The molecule has 0 aromatic carbocycles. The second kappa shape index (κ2) is 8.16. The molecule has 0 atom stereocenters. The Morgan fingerprint density at radius 1 is 1.21 bits per heavy atom. The van der Waals surface area contributed by atoms with Crippen LogP contribution in [0.5, 0.6) is 0 Å². The number of hydrogen-bond acceptors (Lipinski definition) is 3. The zero-order valence-electron chi connectivity index (χ0n) is 13.0. The van der Waals surface area contributed by atoms with Crippen LogP contribution in [0.1, 0.15) is 52.1 Å². The molecule has 108 valence electrons. The van der Waals surface area contributed by atoms with Gasteiger partial charge in [0.05, 0.1) is 0 Å². The lowest BCUT2D eigenvalue weighted by Crippen LogP contribution is -2.37. The molecule has 0 spiro atoms. The highest BCUT2D eigenvalue weighted by atomic mass is 16.5. The minimum Gasteiger partial charge on any atom is -0.381 e. The number of hydrogen-bond donors (Lipinski definition) is 0. The molecule has 1 aliphatic rings. The van der Waals surface area contributed by atoms with Gasteiger partial charge in [0.2, 0.25) is 0 Å². The van der Waals surface area contributed by atoms with Gasteiger partial charge < -0.3 is 9.64 Å². The van der Waals surface area contributed by atoms with Gasteiger partial charge >= 0.3 is 0 Å². The minimum absolute atomic E-state index is 0.484. The Labute approximate surface area is 118 Å². The summed E-state index contributed by atoms with van der Waals surface area (Å²) < 4.78 is 5.40. The van der Waals surface area contributed by atoms with E-state index < -0.39 is 0 Å². The lowest BCUT2D eigenvalue weighted by Gasteiger charge is -2.32. The number of rotatable bonds is 3. The zero-order chi connectivity index (χ0) is 14.3. The first-order valence-corrected chi connectivity index (χ1v) is 7.46. The Balaban J connectivity index is 0.000000861. The lowest BCUT2D eigenvalue weighted by atomic mass is 10.1. The van der Waals surface area contributed by atoms with E-state index in [4.69, 9.17) is 9.72 Å². The van der Waals surface area contributed by atoms with Crippen LogP contribution in [0.3, 0.4) is 0 Å². The molecule has 0 N–H and O–H groups in total. The van der Waals surface area contributed by atoms with E-state index in [0.717, 1.165) is 31.9 Å². The van der Waals surface area contributed by atoms with Gasteiger partial charge in [0.25, 0.3) is 0 Å². The number of nitrogens with zero attached hydrogens (tertiary/aromatic N) is 2. The highest BCUT2D eigenvalue weighted by Gasteiger charge is 2.19. The second-order valence-electron chi connectivity index (χ2n) is 5.03. The molecular weight excluding hydrogens is 236 g/mol. The van der Waals surface area contributed by atoms with E-state index in [1.165, 1.54) is 5.69 Å². The summed E-state index contributed by atoms with van der Waals surface area (Å²) in [6, 6.07) is 6.87. The molecule has 0 saturated carbocycles. The summed E-state index contributed by atoms with van der Waals surface area (Å²) >= 11 is 0. The third-order valence-corrected chi connectivity index (χ3v) is 3.45. The minimum atomic E-state index is 0.484. The quantitative estimate of drug-likeness (QED) is 0.829. The van der Waals surface area contributed by atoms with Crippen LogP contribution in [-0.4, -0.2) is 31.3 Å². The average Bonchev–Trinajstić information content (AvgIpc) is 2.49. The van der Waals surface area contributed by atoms with Crippen LogP contribution < -0.4 is 4.90 Å². The molecule has 0 unspecified atom stereocenters. The van der Waals surface area contributed by atoms with Crippen molar-refractivity contribution < 1.29 is 4.74 Å². The normalized spacial score (nSPS) is 15.9. The van der Waals surface area contributed by atoms with Crippen LogP contribution in [0.25, 0.3) is 0 Å². The number of anilines is 1. The highest BCUT2D eigenvalue weighted by Crippen LogP contribution is 2.21. The molecule has 1 aromatic heterocycles. The molecule has 1 aliphatic heterocycles. The van der Waals surface area contributed by atoms with E-state index in [0.29, 0.717) is 12.0 Å². The number of pyridine rings is 1. The van der Waals surface area contributed by atoms with Crippen molar-refractivity contribution in [2.45, 2.75) is 52.5 Å².